The van der Waals surface area contributed by atoms with Crippen molar-refractivity contribution >= 4 is 11.8 Å². The lowest BCUT2D eigenvalue weighted by molar-refractivity contribution is 0.130. The number of hydrogen-bond donors (Lipinski definition) is 1. The summed E-state index contributed by atoms with van der Waals surface area (Å²) >= 11 is 1.97. The number of hydrogen-bond acceptors (Lipinski definition) is 3. The van der Waals surface area contributed by atoms with E-state index in [-0.39, 0.29) is 0 Å². The van der Waals surface area contributed by atoms with Gasteiger partial charge in [0.05, 0.1) is 0 Å². The second-order valence-corrected chi connectivity index (χ2v) is 7.12. The Morgan fingerprint density at radius 1 is 1.28 bits per heavy atom. The Bertz CT molecular complexity index is 209. The smallest absolute Gasteiger partial charge is 0.0198 e. The zero-order valence-electron chi connectivity index (χ0n) is 12.7. The van der Waals surface area contributed by atoms with E-state index < -0.39 is 0 Å². The van der Waals surface area contributed by atoms with Crippen molar-refractivity contribution in [2.24, 2.45) is 5.92 Å². The molecule has 1 aliphatic rings. The lowest BCUT2D eigenvalue weighted by Gasteiger charge is -2.39. The van der Waals surface area contributed by atoms with Crippen LogP contribution in [0.1, 0.15) is 46.5 Å². The van der Waals surface area contributed by atoms with Gasteiger partial charge in [-0.3, -0.25) is 4.90 Å². The summed E-state index contributed by atoms with van der Waals surface area (Å²) in [6, 6.07) is 1.43. The van der Waals surface area contributed by atoms with Crippen LogP contribution in [0.2, 0.25) is 0 Å². The molecule has 1 heterocycles. The van der Waals surface area contributed by atoms with E-state index in [1.54, 1.807) is 0 Å². The van der Waals surface area contributed by atoms with E-state index in [1.807, 2.05) is 11.8 Å². The topological polar surface area (TPSA) is 15.3 Å². The van der Waals surface area contributed by atoms with E-state index in [0.29, 0.717) is 12.1 Å². The van der Waals surface area contributed by atoms with Crippen molar-refractivity contribution in [2.75, 3.05) is 31.6 Å². The Kier molecular flexibility index (Phi) is 8.36. The van der Waals surface area contributed by atoms with Crippen LogP contribution in [0, 0.1) is 5.92 Å². The monoisotopic (exact) mass is 272 g/mol. The fourth-order valence-electron chi connectivity index (χ4n) is 2.77. The number of rotatable bonds is 8. The zero-order chi connectivity index (χ0) is 13.4. The molecular weight excluding hydrogens is 240 g/mol. The summed E-state index contributed by atoms with van der Waals surface area (Å²) in [6.07, 6.45) is 7.67. The van der Waals surface area contributed by atoms with Gasteiger partial charge in [-0.25, -0.2) is 0 Å². The van der Waals surface area contributed by atoms with E-state index in [9.17, 15) is 0 Å². The molecule has 0 bridgehead atoms. The van der Waals surface area contributed by atoms with E-state index in [4.69, 9.17) is 0 Å². The van der Waals surface area contributed by atoms with Crippen LogP contribution in [0.4, 0.5) is 0 Å². The molecule has 1 N–H and O–H groups in total. The second kappa shape index (κ2) is 9.22. The predicted octanol–water partition coefficient (Wildman–Crippen LogP) is 3.23. The Morgan fingerprint density at radius 2 is 2.06 bits per heavy atom. The average Bonchev–Trinajstić information content (AvgIpc) is 2.32. The minimum atomic E-state index is 0.715. The molecule has 0 amide bonds. The first-order chi connectivity index (χ1) is 8.63. The summed E-state index contributed by atoms with van der Waals surface area (Å²) in [7, 11) is 0. The molecule has 108 valence electrons. The number of thioether (sulfide) groups is 1. The molecule has 0 aliphatic carbocycles. The van der Waals surface area contributed by atoms with Gasteiger partial charge in [-0.05, 0) is 50.7 Å². The van der Waals surface area contributed by atoms with E-state index in [2.05, 4.69) is 37.2 Å². The van der Waals surface area contributed by atoms with Gasteiger partial charge < -0.3 is 5.32 Å². The molecule has 2 unspecified atom stereocenters. The van der Waals surface area contributed by atoms with Crippen molar-refractivity contribution in [3.8, 4) is 0 Å². The predicted molar refractivity (Wildman–Crippen MR) is 84.5 cm³/mol. The molecule has 0 spiro atoms. The molecule has 0 saturated carbocycles. The van der Waals surface area contributed by atoms with Crippen LogP contribution >= 0.6 is 11.8 Å². The third-order valence-electron chi connectivity index (χ3n) is 3.83. The molecule has 2 atom stereocenters. The fraction of sp³-hybridized carbons (Fsp3) is 1.00. The molecule has 0 aromatic rings. The van der Waals surface area contributed by atoms with Crippen molar-refractivity contribution in [1.29, 1.82) is 0 Å². The third kappa shape index (κ3) is 6.44. The first kappa shape index (κ1) is 16.3. The third-order valence-corrected chi connectivity index (χ3v) is 4.53. The maximum absolute atomic E-state index is 3.70. The Balaban J connectivity index is 2.20. The van der Waals surface area contributed by atoms with Gasteiger partial charge in [0.1, 0.15) is 0 Å². The van der Waals surface area contributed by atoms with Crippen LogP contribution in [-0.4, -0.2) is 48.6 Å². The first-order valence-corrected chi connectivity index (χ1v) is 8.99. The van der Waals surface area contributed by atoms with Crippen LogP contribution in [-0.2, 0) is 0 Å². The van der Waals surface area contributed by atoms with Crippen LogP contribution in [0.25, 0.3) is 0 Å². The van der Waals surface area contributed by atoms with E-state index in [0.717, 1.165) is 5.92 Å². The standard InChI is InChI=1S/C15H32N2S/c1-13(2)10-15-12-17(14(3)11-16-15)8-6-5-7-9-18-4/h13-16H,5-12H2,1-4H3. The van der Waals surface area contributed by atoms with Crippen molar-refractivity contribution < 1.29 is 0 Å². The Hall–Kier alpha value is 0.270. The number of piperazine rings is 1. The minimum Gasteiger partial charge on any atom is -0.311 e. The normalized spacial score (nSPS) is 25.8. The van der Waals surface area contributed by atoms with Gasteiger partial charge in [-0.15, -0.1) is 0 Å². The highest BCUT2D eigenvalue weighted by molar-refractivity contribution is 7.98. The molecule has 0 radical (unpaired) electrons. The van der Waals surface area contributed by atoms with Gasteiger partial charge in [0.2, 0.25) is 0 Å². The fourth-order valence-corrected chi connectivity index (χ4v) is 3.26. The Labute approximate surface area is 118 Å². The van der Waals surface area contributed by atoms with Gasteiger partial charge in [0, 0.05) is 25.2 Å². The van der Waals surface area contributed by atoms with Gasteiger partial charge >= 0.3 is 0 Å². The second-order valence-electron chi connectivity index (χ2n) is 6.13. The highest BCUT2D eigenvalue weighted by Crippen LogP contribution is 2.14. The highest BCUT2D eigenvalue weighted by Gasteiger charge is 2.24. The molecule has 1 fully saturated rings. The quantitative estimate of drug-likeness (QED) is 0.683. The molecular formula is C15H32N2S. The summed E-state index contributed by atoms with van der Waals surface area (Å²) in [4.78, 5) is 2.70. The van der Waals surface area contributed by atoms with Gasteiger partial charge in [-0.2, -0.15) is 11.8 Å². The van der Waals surface area contributed by atoms with Gasteiger partial charge in [0.15, 0.2) is 0 Å². The zero-order valence-corrected chi connectivity index (χ0v) is 13.6. The van der Waals surface area contributed by atoms with Crippen LogP contribution in [0.3, 0.4) is 0 Å². The lowest BCUT2D eigenvalue weighted by Crippen LogP contribution is -2.55. The summed E-state index contributed by atoms with van der Waals surface area (Å²) in [5.41, 5.74) is 0. The summed E-state index contributed by atoms with van der Waals surface area (Å²) < 4.78 is 0. The number of unbranched alkanes of at least 4 members (excludes halogenated alkanes) is 2. The Morgan fingerprint density at radius 3 is 2.72 bits per heavy atom. The first-order valence-electron chi connectivity index (χ1n) is 7.59. The molecule has 0 aromatic carbocycles. The molecule has 18 heavy (non-hydrogen) atoms. The molecule has 3 heteroatoms. The van der Waals surface area contributed by atoms with Crippen molar-refractivity contribution in [1.82, 2.24) is 10.2 Å². The van der Waals surface area contributed by atoms with Crippen LogP contribution in [0.15, 0.2) is 0 Å². The average molecular weight is 273 g/mol. The van der Waals surface area contributed by atoms with Crippen LogP contribution < -0.4 is 5.32 Å². The van der Waals surface area contributed by atoms with Gasteiger partial charge in [0.25, 0.3) is 0 Å². The molecule has 1 rings (SSSR count). The van der Waals surface area contributed by atoms with Crippen molar-refractivity contribution in [3.05, 3.63) is 0 Å². The highest BCUT2D eigenvalue weighted by atomic mass is 32.2. The molecule has 2 nitrogen and oxygen atoms in total. The summed E-state index contributed by atoms with van der Waals surface area (Å²) in [6.45, 7) is 10.7. The van der Waals surface area contributed by atoms with Crippen molar-refractivity contribution in [3.63, 3.8) is 0 Å². The molecule has 1 aliphatic heterocycles. The number of nitrogens with one attached hydrogen (secondary N) is 1. The molecule has 0 aromatic heterocycles. The molecule has 1 saturated heterocycles. The maximum atomic E-state index is 3.70. The lowest BCUT2D eigenvalue weighted by atomic mass is 10.00. The van der Waals surface area contributed by atoms with Crippen LogP contribution in [0.5, 0.6) is 0 Å². The maximum Gasteiger partial charge on any atom is 0.0198 e. The van der Waals surface area contributed by atoms with E-state index >= 15 is 0 Å². The van der Waals surface area contributed by atoms with Gasteiger partial charge in [-0.1, -0.05) is 20.3 Å². The largest absolute Gasteiger partial charge is 0.311 e. The van der Waals surface area contributed by atoms with Crippen molar-refractivity contribution in [2.45, 2.75) is 58.5 Å². The van der Waals surface area contributed by atoms with E-state index in [1.165, 1.54) is 51.1 Å². The summed E-state index contributed by atoms with van der Waals surface area (Å²) in [5.74, 6) is 2.13. The number of nitrogens with zero attached hydrogens (tertiary/aromatic N) is 1. The summed E-state index contributed by atoms with van der Waals surface area (Å²) in [5, 5.41) is 3.70. The SMILES string of the molecule is CSCCCCCN1CC(CC(C)C)NCC1C. The minimum absolute atomic E-state index is 0.715.